The zero-order valence-electron chi connectivity index (χ0n) is 11.3. The molecule has 1 fully saturated rings. The molecule has 2 heterocycles. The Morgan fingerprint density at radius 3 is 3.11 bits per heavy atom. The Kier molecular flexibility index (Phi) is 5.16. The van der Waals surface area contributed by atoms with E-state index in [9.17, 15) is 4.79 Å². The van der Waals surface area contributed by atoms with E-state index in [-0.39, 0.29) is 12.5 Å². The molecule has 0 saturated carbocycles. The number of thiophene rings is 1. The number of hydrogen-bond donors (Lipinski definition) is 1. The Balaban J connectivity index is 1.90. The summed E-state index contributed by atoms with van der Waals surface area (Å²) in [6.45, 7) is 3.91. The minimum atomic E-state index is 0.0914. The third-order valence-corrected chi connectivity index (χ3v) is 4.49. The average molecular weight is 279 g/mol. The summed E-state index contributed by atoms with van der Waals surface area (Å²) in [5.74, 6) is 0.550. The number of amides is 1. The summed E-state index contributed by atoms with van der Waals surface area (Å²) in [5, 5.41) is 8.98. The molecule has 1 aromatic rings. The average Bonchev–Trinajstić information content (AvgIpc) is 2.82. The Hall–Kier alpha value is -1.13. The van der Waals surface area contributed by atoms with Crippen molar-refractivity contribution >= 4 is 23.3 Å². The second-order valence-electron chi connectivity index (χ2n) is 5.09. The van der Waals surface area contributed by atoms with Crippen molar-refractivity contribution in [3.05, 3.63) is 28.0 Å². The fourth-order valence-electron chi connectivity index (χ4n) is 2.49. The Labute approximate surface area is 118 Å². The largest absolute Gasteiger partial charge is 0.396 e. The molecule has 104 valence electrons. The molecule has 0 radical (unpaired) electrons. The fraction of sp³-hybridized carbons (Fsp3) is 0.533. The third kappa shape index (κ3) is 4.18. The summed E-state index contributed by atoms with van der Waals surface area (Å²) in [5.41, 5.74) is 0. The number of rotatable bonds is 4. The molecular formula is C15H21NO2S. The lowest BCUT2D eigenvalue weighted by Crippen LogP contribution is -2.39. The molecule has 2 rings (SSSR count). The lowest BCUT2D eigenvalue weighted by atomic mass is 9.95. The van der Waals surface area contributed by atoms with Crippen LogP contribution in [0.1, 0.15) is 29.0 Å². The first-order valence-electron chi connectivity index (χ1n) is 6.83. The highest BCUT2D eigenvalue weighted by Gasteiger charge is 2.21. The lowest BCUT2D eigenvalue weighted by molar-refractivity contribution is -0.127. The molecule has 1 amide bonds. The van der Waals surface area contributed by atoms with Crippen molar-refractivity contribution in [3.8, 4) is 0 Å². The third-order valence-electron chi connectivity index (χ3n) is 3.52. The van der Waals surface area contributed by atoms with Crippen LogP contribution in [-0.2, 0) is 4.79 Å². The van der Waals surface area contributed by atoms with E-state index in [4.69, 9.17) is 5.11 Å². The van der Waals surface area contributed by atoms with E-state index in [0.717, 1.165) is 37.2 Å². The van der Waals surface area contributed by atoms with Crippen molar-refractivity contribution in [3.63, 3.8) is 0 Å². The van der Waals surface area contributed by atoms with Gasteiger partial charge in [0.15, 0.2) is 0 Å². The first-order valence-corrected chi connectivity index (χ1v) is 7.65. The maximum absolute atomic E-state index is 12.1. The Morgan fingerprint density at radius 2 is 2.42 bits per heavy atom. The van der Waals surface area contributed by atoms with E-state index in [2.05, 4.69) is 13.0 Å². The summed E-state index contributed by atoms with van der Waals surface area (Å²) < 4.78 is 0. The van der Waals surface area contributed by atoms with Crippen molar-refractivity contribution in [2.24, 2.45) is 5.92 Å². The number of aliphatic hydroxyl groups is 1. The van der Waals surface area contributed by atoms with E-state index < -0.39 is 0 Å². The summed E-state index contributed by atoms with van der Waals surface area (Å²) in [6, 6.07) is 4.10. The lowest BCUT2D eigenvalue weighted by Gasteiger charge is -2.31. The second kappa shape index (κ2) is 6.87. The normalized spacial score (nSPS) is 20.1. The molecule has 1 aliphatic rings. The number of piperidine rings is 1. The van der Waals surface area contributed by atoms with Crippen molar-refractivity contribution in [1.82, 2.24) is 4.90 Å². The minimum absolute atomic E-state index is 0.0914. The number of carbonyl (C=O) groups excluding carboxylic acids is 1. The van der Waals surface area contributed by atoms with Gasteiger partial charge in [-0.3, -0.25) is 4.79 Å². The quantitative estimate of drug-likeness (QED) is 0.861. The molecular weight excluding hydrogens is 258 g/mol. The summed E-state index contributed by atoms with van der Waals surface area (Å²) in [6.07, 6.45) is 6.54. The topological polar surface area (TPSA) is 40.5 Å². The fourth-order valence-corrected chi connectivity index (χ4v) is 3.27. The predicted octanol–water partition coefficient (Wildman–Crippen LogP) is 2.69. The molecule has 0 spiro atoms. The highest BCUT2D eigenvalue weighted by molar-refractivity contribution is 7.12. The zero-order valence-corrected chi connectivity index (χ0v) is 12.2. The van der Waals surface area contributed by atoms with Crippen molar-refractivity contribution in [1.29, 1.82) is 0 Å². The molecule has 1 unspecified atom stereocenters. The molecule has 19 heavy (non-hydrogen) atoms. The number of likely N-dealkylation sites (tertiary alicyclic amines) is 1. The Morgan fingerprint density at radius 1 is 1.58 bits per heavy atom. The van der Waals surface area contributed by atoms with Gasteiger partial charge in [-0.25, -0.2) is 0 Å². The van der Waals surface area contributed by atoms with Gasteiger partial charge < -0.3 is 10.0 Å². The van der Waals surface area contributed by atoms with Crippen LogP contribution in [0, 0.1) is 12.8 Å². The number of aryl methyl sites for hydroxylation is 1. The Bertz CT molecular complexity index is 451. The van der Waals surface area contributed by atoms with Crippen LogP contribution in [0.5, 0.6) is 0 Å². The van der Waals surface area contributed by atoms with Crippen LogP contribution in [0.3, 0.4) is 0 Å². The first-order chi connectivity index (χ1) is 9.19. The van der Waals surface area contributed by atoms with Gasteiger partial charge in [-0.2, -0.15) is 0 Å². The maximum Gasteiger partial charge on any atom is 0.246 e. The maximum atomic E-state index is 12.1. The van der Waals surface area contributed by atoms with E-state index in [1.54, 1.807) is 17.4 Å². The smallest absolute Gasteiger partial charge is 0.246 e. The van der Waals surface area contributed by atoms with Crippen LogP contribution >= 0.6 is 11.3 Å². The van der Waals surface area contributed by atoms with Gasteiger partial charge in [0.2, 0.25) is 5.91 Å². The highest BCUT2D eigenvalue weighted by atomic mass is 32.1. The standard InChI is InChI=1S/C15H21NO2S/c1-12-4-5-14(19-12)6-7-15(18)16-9-2-3-13(11-16)8-10-17/h4-7,13,17H,2-3,8-11H2,1H3. The molecule has 3 nitrogen and oxygen atoms in total. The predicted molar refractivity (Wildman–Crippen MR) is 79.1 cm³/mol. The van der Waals surface area contributed by atoms with Crippen molar-refractivity contribution in [2.75, 3.05) is 19.7 Å². The van der Waals surface area contributed by atoms with E-state index in [0.29, 0.717) is 5.92 Å². The van der Waals surface area contributed by atoms with Gasteiger partial charge in [0.25, 0.3) is 0 Å². The van der Waals surface area contributed by atoms with Gasteiger partial charge in [-0.15, -0.1) is 11.3 Å². The number of carbonyl (C=O) groups is 1. The highest BCUT2D eigenvalue weighted by Crippen LogP contribution is 2.20. The second-order valence-corrected chi connectivity index (χ2v) is 6.41. The summed E-state index contributed by atoms with van der Waals surface area (Å²) >= 11 is 1.69. The van der Waals surface area contributed by atoms with Crippen LogP contribution < -0.4 is 0 Å². The summed E-state index contributed by atoms with van der Waals surface area (Å²) in [4.78, 5) is 16.4. The SMILES string of the molecule is Cc1ccc(C=CC(=O)N2CCCC(CCO)C2)s1. The number of aliphatic hydroxyl groups excluding tert-OH is 1. The molecule has 1 atom stereocenters. The van der Waals surface area contributed by atoms with Gasteiger partial charge in [-0.05, 0) is 50.3 Å². The molecule has 1 aromatic heterocycles. The van der Waals surface area contributed by atoms with E-state index in [1.807, 2.05) is 17.0 Å². The van der Waals surface area contributed by atoms with Gasteiger partial charge in [0.1, 0.15) is 0 Å². The van der Waals surface area contributed by atoms with Crippen LogP contribution in [0.4, 0.5) is 0 Å². The van der Waals surface area contributed by atoms with Crippen molar-refractivity contribution in [2.45, 2.75) is 26.2 Å². The number of hydrogen-bond acceptors (Lipinski definition) is 3. The van der Waals surface area contributed by atoms with Crippen molar-refractivity contribution < 1.29 is 9.90 Å². The van der Waals surface area contributed by atoms with E-state index >= 15 is 0 Å². The monoisotopic (exact) mass is 279 g/mol. The zero-order chi connectivity index (χ0) is 13.7. The van der Waals surface area contributed by atoms with E-state index in [1.165, 1.54) is 4.88 Å². The molecule has 0 bridgehead atoms. The van der Waals surface area contributed by atoms with Crippen LogP contribution in [0.2, 0.25) is 0 Å². The van der Waals surface area contributed by atoms with Gasteiger partial charge >= 0.3 is 0 Å². The van der Waals surface area contributed by atoms with Gasteiger partial charge in [-0.1, -0.05) is 0 Å². The molecule has 0 aromatic carbocycles. The van der Waals surface area contributed by atoms with Crippen LogP contribution in [0.25, 0.3) is 6.08 Å². The molecule has 4 heteroatoms. The number of nitrogens with zero attached hydrogens (tertiary/aromatic N) is 1. The minimum Gasteiger partial charge on any atom is -0.396 e. The first kappa shape index (κ1) is 14.3. The van der Waals surface area contributed by atoms with Gasteiger partial charge in [0, 0.05) is 35.5 Å². The van der Waals surface area contributed by atoms with Gasteiger partial charge in [0.05, 0.1) is 0 Å². The molecule has 1 aliphatic heterocycles. The molecule has 1 N–H and O–H groups in total. The molecule has 1 saturated heterocycles. The van der Waals surface area contributed by atoms with Crippen LogP contribution in [-0.4, -0.2) is 35.6 Å². The summed E-state index contributed by atoms with van der Waals surface area (Å²) in [7, 11) is 0. The molecule has 0 aliphatic carbocycles. The van der Waals surface area contributed by atoms with Crippen LogP contribution in [0.15, 0.2) is 18.2 Å².